The van der Waals surface area contributed by atoms with Crippen molar-refractivity contribution < 1.29 is 4.74 Å². The molecule has 5 heteroatoms. The monoisotopic (exact) mass is 261 g/mol. The summed E-state index contributed by atoms with van der Waals surface area (Å²) in [6, 6.07) is 7.33. The van der Waals surface area contributed by atoms with Gasteiger partial charge in [0.05, 0.1) is 18.0 Å². The number of nitrogens with one attached hydrogen (secondary N) is 1. The zero-order valence-corrected chi connectivity index (χ0v) is 11.3. The molecule has 0 aliphatic heterocycles. The maximum absolute atomic E-state index is 12.1. The summed E-state index contributed by atoms with van der Waals surface area (Å²) in [5.41, 5.74) is 7.46. The Morgan fingerprint density at radius 2 is 1.95 bits per heavy atom. The Balaban J connectivity index is 2.36. The topological polar surface area (TPSA) is 73.0 Å². The van der Waals surface area contributed by atoms with Crippen LogP contribution in [0.2, 0.25) is 0 Å². The SMILES string of the molecule is CCCc1[nH]n(-c2ccc(OCC)cc2)c(=O)c1N. The van der Waals surface area contributed by atoms with Crippen molar-refractivity contribution in [1.82, 2.24) is 9.78 Å². The predicted octanol–water partition coefficient (Wildman–Crippen LogP) is 2.10. The van der Waals surface area contributed by atoms with E-state index in [0.717, 1.165) is 30.0 Å². The molecule has 1 aromatic heterocycles. The molecule has 3 N–H and O–H groups in total. The van der Waals surface area contributed by atoms with E-state index < -0.39 is 0 Å². The normalized spacial score (nSPS) is 10.6. The zero-order valence-electron chi connectivity index (χ0n) is 11.3. The van der Waals surface area contributed by atoms with Gasteiger partial charge in [0.25, 0.3) is 5.56 Å². The summed E-state index contributed by atoms with van der Waals surface area (Å²) in [5.74, 6) is 0.785. The highest BCUT2D eigenvalue weighted by molar-refractivity contribution is 5.45. The number of hydrogen-bond acceptors (Lipinski definition) is 3. The first-order valence-corrected chi connectivity index (χ1v) is 6.50. The minimum atomic E-state index is -0.201. The third-order valence-corrected chi connectivity index (χ3v) is 2.91. The van der Waals surface area contributed by atoms with E-state index >= 15 is 0 Å². The third-order valence-electron chi connectivity index (χ3n) is 2.91. The van der Waals surface area contributed by atoms with Crippen molar-refractivity contribution in [3.8, 4) is 11.4 Å². The summed E-state index contributed by atoms with van der Waals surface area (Å²) in [4.78, 5) is 12.1. The van der Waals surface area contributed by atoms with E-state index in [1.807, 2.05) is 38.1 Å². The third kappa shape index (κ3) is 2.65. The summed E-state index contributed by atoms with van der Waals surface area (Å²) in [6.07, 6.45) is 1.71. The van der Waals surface area contributed by atoms with E-state index in [9.17, 15) is 4.79 Å². The Labute approximate surface area is 112 Å². The van der Waals surface area contributed by atoms with Crippen molar-refractivity contribution in [2.75, 3.05) is 12.3 Å². The second-order valence-electron chi connectivity index (χ2n) is 4.32. The Hall–Kier alpha value is -2.17. The molecule has 19 heavy (non-hydrogen) atoms. The van der Waals surface area contributed by atoms with Crippen molar-refractivity contribution in [3.63, 3.8) is 0 Å². The highest BCUT2D eigenvalue weighted by Crippen LogP contribution is 2.15. The standard InChI is InChI=1S/C14H19N3O2/c1-3-5-12-13(15)14(18)17(16-12)10-6-8-11(9-7-10)19-4-2/h6-9,16H,3-5,15H2,1-2H3. The van der Waals surface area contributed by atoms with Crippen LogP contribution in [0.5, 0.6) is 5.75 Å². The fraction of sp³-hybridized carbons (Fsp3) is 0.357. The molecular weight excluding hydrogens is 242 g/mol. The van der Waals surface area contributed by atoms with Gasteiger partial charge in [-0.3, -0.25) is 9.89 Å². The van der Waals surface area contributed by atoms with Gasteiger partial charge in [0.1, 0.15) is 11.4 Å². The number of anilines is 1. The van der Waals surface area contributed by atoms with Gasteiger partial charge in [-0.2, -0.15) is 0 Å². The van der Waals surface area contributed by atoms with E-state index in [0.29, 0.717) is 12.3 Å². The molecule has 2 rings (SSSR count). The minimum Gasteiger partial charge on any atom is -0.494 e. The van der Waals surface area contributed by atoms with Crippen LogP contribution in [0.25, 0.3) is 5.69 Å². The number of ether oxygens (including phenoxy) is 1. The van der Waals surface area contributed by atoms with E-state index in [4.69, 9.17) is 10.5 Å². The van der Waals surface area contributed by atoms with Gasteiger partial charge in [-0.05, 0) is 37.6 Å². The van der Waals surface area contributed by atoms with Crippen LogP contribution in [-0.4, -0.2) is 16.4 Å². The molecule has 2 aromatic rings. The highest BCUT2D eigenvalue weighted by Gasteiger charge is 2.11. The molecule has 0 bridgehead atoms. The summed E-state index contributed by atoms with van der Waals surface area (Å²) in [6.45, 7) is 4.60. The van der Waals surface area contributed by atoms with Crippen molar-refractivity contribution in [3.05, 3.63) is 40.3 Å². The highest BCUT2D eigenvalue weighted by atomic mass is 16.5. The van der Waals surface area contributed by atoms with Crippen molar-refractivity contribution in [1.29, 1.82) is 0 Å². The van der Waals surface area contributed by atoms with Crippen molar-refractivity contribution in [2.24, 2.45) is 0 Å². The van der Waals surface area contributed by atoms with Crippen LogP contribution in [0.15, 0.2) is 29.1 Å². The maximum Gasteiger partial charge on any atom is 0.294 e. The fourth-order valence-corrected chi connectivity index (χ4v) is 1.98. The zero-order chi connectivity index (χ0) is 13.8. The Morgan fingerprint density at radius 1 is 1.26 bits per heavy atom. The van der Waals surface area contributed by atoms with Crippen LogP contribution in [0.1, 0.15) is 26.0 Å². The maximum atomic E-state index is 12.1. The molecule has 0 spiro atoms. The number of nitrogen functional groups attached to an aromatic ring is 1. The van der Waals surface area contributed by atoms with Crippen LogP contribution < -0.4 is 16.0 Å². The van der Waals surface area contributed by atoms with Crippen LogP contribution in [-0.2, 0) is 6.42 Å². The number of H-pyrrole nitrogens is 1. The van der Waals surface area contributed by atoms with Gasteiger partial charge in [-0.25, -0.2) is 4.68 Å². The molecule has 0 aliphatic carbocycles. The lowest BCUT2D eigenvalue weighted by Crippen LogP contribution is -2.16. The van der Waals surface area contributed by atoms with Crippen LogP contribution >= 0.6 is 0 Å². The van der Waals surface area contributed by atoms with Crippen molar-refractivity contribution in [2.45, 2.75) is 26.7 Å². The number of nitrogens with zero attached hydrogens (tertiary/aromatic N) is 1. The summed E-state index contributed by atoms with van der Waals surface area (Å²) in [5, 5.41) is 3.06. The molecule has 0 saturated carbocycles. The molecular formula is C14H19N3O2. The van der Waals surface area contributed by atoms with Gasteiger partial charge in [0.2, 0.25) is 0 Å². The van der Waals surface area contributed by atoms with Gasteiger partial charge < -0.3 is 10.5 Å². The summed E-state index contributed by atoms with van der Waals surface area (Å²) < 4.78 is 6.84. The van der Waals surface area contributed by atoms with E-state index in [2.05, 4.69) is 5.10 Å². The van der Waals surface area contributed by atoms with Crippen molar-refractivity contribution >= 4 is 5.69 Å². The lowest BCUT2D eigenvalue weighted by Gasteiger charge is -2.05. The first kappa shape index (κ1) is 13.3. The van der Waals surface area contributed by atoms with Gasteiger partial charge in [-0.1, -0.05) is 13.3 Å². The molecule has 0 amide bonds. The lowest BCUT2D eigenvalue weighted by atomic mass is 10.2. The number of rotatable bonds is 5. The first-order chi connectivity index (χ1) is 9.17. The van der Waals surface area contributed by atoms with Crippen LogP contribution in [0, 0.1) is 0 Å². The number of aromatic amines is 1. The van der Waals surface area contributed by atoms with Gasteiger partial charge >= 0.3 is 0 Å². The largest absolute Gasteiger partial charge is 0.494 e. The molecule has 0 atom stereocenters. The number of nitrogens with two attached hydrogens (primary N) is 1. The quantitative estimate of drug-likeness (QED) is 0.865. The molecule has 1 heterocycles. The second kappa shape index (κ2) is 5.65. The molecule has 0 radical (unpaired) electrons. The van der Waals surface area contributed by atoms with E-state index in [1.165, 1.54) is 4.68 Å². The molecule has 5 nitrogen and oxygen atoms in total. The van der Waals surface area contributed by atoms with Gasteiger partial charge in [0, 0.05) is 0 Å². The smallest absolute Gasteiger partial charge is 0.294 e. The average molecular weight is 261 g/mol. The predicted molar refractivity (Wildman–Crippen MR) is 76.0 cm³/mol. The summed E-state index contributed by atoms with van der Waals surface area (Å²) in [7, 11) is 0. The van der Waals surface area contributed by atoms with Crippen LogP contribution in [0.3, 0.4) is 0 Å². The number of aromatic nitrogens is 2. The van der Waals surface area contributed by atoms with Gasteiger partial charge in [0.15, 0.2) is 0 Å². The lowest BCUT2D eigenvalue weighted by molar-refractivity contribution is 0.340. The minimum absolute atomic E-state index is 0.201. The van der Waals surface area contributed by atoms with E-state index in [1.54, 1.807) is 0 Å². The number of benzene rings is 1. The second-order valence-corrected chi connectivity index (χ2v) is 4.32. The van der Waals surface area contributed by atoms with E-state index in [-0.39, 0.29) is 5.56 Å². The Bertz CT molecular complexity index is 596. The number of aryl methyl sites for hydroxylation is 1. The molecule has 0 unspecified atom stereocenters. The Kier molecular flexibility index (Phi) is 3.94. The molecule has 0 saturated heterocycles. The first-order valence-electron chi connectivity index (χ1n) is 6.50. The van der Waals surface area contributed by atoms with Gasteiger partial charge in [-0.15, -0.1) is 0 Å². The molecule has 0 fully saturated rings. The molecule has 0 aliphatic rings. The average Bonchev–Trinajstić information content (AvgIpc) is 2.69. The fourth-order valence-electron chi connectivity index (χ4n) is 1.98. The Morgan fingerprint density at radius 3 is 2.53 bits per heavy atom. The summed E-state index contributed by atoms with van der Waals surface area (Å²) >= 11 is 0. The molecule has 1 aromatic carbocycles. The number of hydrogen-bond donors (Lipinski definition) is 2. The van der Waals surface area contributed by atoms with Crippen LogP contribution in [0.4, 0.5) is 5.69 Å². The molecule has 102 valence electrons.